The third-order valence-corrected chi connectivity index (χ3v) is 3.33. The number of hydrogen-bond acceptors (Lipinski definition) is 3. The summed E-state index contributed by atoms with van der Waals surface area (Å²) in [5, 5.41) is 11.8. The lowest BCUT2D eigenvalue weighted by Crippen LogP contribution is -2.17. The topological polar surface area (TPSA) is 75.6 Å². The molecule has 114 valence electrons. The van der Waals surface area contributed by atoms with Crippen LogP contribution < -0.4 is 5.32 Å². The van der Waals surface area contributed by atoms with Crippen LogP contribution in [0, 0.1) is 6.92 Å². The van der Waals surface area contributed by atoms with Crippen LogP contribution in [-0.4, -0.2) is 17.2 Å². The van der Waals surface area contributed by atoms with Crippen molar-refractivity contribution in [3.8, 4) is 0 Å². The molecule has 0 unspecified atom stereocenters. The maximum Gasteiger partial charge on any atom is 0.412 e. The molecule has 2 rings (SSSR count). The molecule has 0 aliphatic carbocycles. The maximum absolute atomic E-state index is 11.8. The average Bonchev–Trinajstić information content (AvgIpc) is 2.49. The smallest absolute Gasteiger partial charge is 0.412 e. The molecule has 0 atom stereocenters. The first-order valence-electron chi connectivity index (χ1n) is 6.49. The Balaban J connectivity index is 2.12. The molecule has 0 aliphatic heterocycles. The van der Waals surface area contributed by atoms with Crippen molar-refractivity contribution in [3.63, 3.8) is 0 Å². The summed E-state index contributed by atoms with van der Waals surface area (Å²) < 4.78 is 5.06. The predicted octanol–water partition coefficient (Wildman–Crippen LogP) is 4.10. The van der Waals surface area contributed by atoms with E-state index in [4.69, 9.17) is 16.3 Å². The number of carbonyl (C=O) groups excluding carboxylic acids is 1. The SMILES string of the molecule is Cc1ccc(Cl)c(NC(=O)OCc2ccccc2)c1C(=O)O. The zero-order valence-electron chi connectivity index (χ0n) is 11.8. The normalized spacial score (nSPS) is 10.1. The minimum atomic E-state index is -1.17. The van der Waals surface area contributed by atoms with Gasteiger partial charge in [-0.25, -0.2) is 9.59 Å². The van der Waals surface area contributed by atoms with Gasteiger partial charge in [0.1, 0.15) is 6.61 Å². The Bertz CT molecular complexity index is 701. The molecule has 22 heavy (non-hydrogen) atoms. The van der Waals surface area contributed by atoms with Crippen molar-refractivity contribution in [2.24, 2.45) is 0 Å². The average molecular weight is 320 g/mol. The number of ether oxygens (including phenoxy) is 1. The number of halogens is 1. The van der Waals surface area contributed by atoms with Gasteiger partial charge in [-0.1, -0.05) is 48.0 Å². The van der Waals surface area contributed by atoms with Gasteiger partial charge in [0.2, 0.25) is 0 Å². The summed E-state index contributed by atoms with van der Waals surface area (Å²) in [6.45, 7) is 1.71. The molecule has 0 saturated carbocycles. The van der Waals surface area contributed by atoms with E-state index < -0.39 is 12.1 Å². The summed E-state index contributed by atoms with van der Waals surface area (Å²) >= 11 is 5.97. The Hall–Kier alpha value is -2.53. The number of benzene rings is 2. The molecular weight excluding hydrogens is 306 g/mol. The summed E-state index contributed by atoms with van der Waals surface area (Å²) in [5.74, 6) is -1.17. The number of rotatable bonds is 4. The van der Waals surface area contributed by atoms with Gasteiger partial charge >= 0.3 is 12.1 Å². The van der Waals surface area contributed by atoms with E-state index in [1.165, 1.54) is 6.07 Å². The van der Waals surface area contributed by atoms with E-state index in [1.807, 2.05) is 30.3 Å². The van der Waals surface area contributed by atoms with Crippen molar-refractivity contribution in [3.05, 3.63) is 64.2 Å². The van der Waals surface area contributed by atoms with Gasteiger partial charge in [-0.2, -0.15) is 0 Å². The highest BCUT2D eigenvalue weighted by Crippen LogP contribution is 2.29. The van der Waals surface area contributed by atoms with Crippen molar-refractivity contribution in [2.75, 3.05) is 5.32 Å². The Kier molecular flexibility index (Phi) is 5.01. The molecule has 0 bridgehead atoms. The van der Waals surface area contributed by atoms with Gasteiger partial charge in [-0.15, -0.1) is 0 Å². The summed E-state index contributed by atoms with van der Waals surface area (Å²) in [6, 6.07) is 12.2. The Morgan fingerprint density at radius 2 is 1.86 bits per heavy atom. The monoisotopic (exact) mass is 319 g/mol. The standard InChI is InChI=1S/C16H14ClNO4/c1-10-7-8-12(17)14(13(10)15(19)20)18-16(21)22-9-11-5-3-2-4-6-11/h2-8H,9H2,1H3,(H,18,21)(H,19,20). The number of carboxylic acids is 1. The molecule has 6 heteroatoms. The number of aryl methyl sites for hydroxylation is 1. The molecule has 0 heterocycles. The van der Waals surface area contributed by atoms with Gasteiger partial charge in [0.05, 0.1) is 16.3 Å². The van der Waals surface area contributed by atoms with Crippen molar-refractivity contribution in [2.45, 2.75) is 13.5 Å². The van der Waals surface area contributed by atoms with E-state index in [0.29, 0.717) is 5.56 Å². The fourth-order valence-corrected chi connectivity index (χ4v) is 2.15. The molecule has 1 amide bonds. The minimum Gasteiger partial charge on any atom is -0.478 e. The van der Waals surface area contributed by atoms with E-state index in [2.05, 4.69) is 5.32 Å². The van der Waals surface area contributed by atoms with Crippen LogP contribution in [0.15, 0.2) is 42.5 Å². The summed E-state index contributed by atoms with van der Waals surface area (Å²) in [4.78, 5) is 23.1. The molecule has 5 nitrogen and oxygen atoms in total. The van der Waals surface area contributed by atoms with Gasteiger partial charge in [-0.3, -0.25) is 5.32 Å². The largest absolute Gasteiger partial charge is 0.478 e. The van der Waals surface area contributed by atoms with Crippen LogP contribution in [0.2, 0.25) is 5.02 Å². The molecule has 2 aromatic rings. The number of aromatic carboxylic acids is 1. The molecule has 0 fully saturated rings. The van der Waals surface area contributed by atoms with Crippen LogP contribution in [0.5, 0.6) is 0 Å². The maximum atomic E-state index is 11.8. The van der Waals surface area contributed by atoms with Gasteiger partial charge < -0.3 is 9.84 Å². The Labute approximate surface area is 132 Å². The van der Waals surface area contributed by atoms with E-state index in [-0.39, 0.29) is 22.9 Å². The highest BCUT2D eigenvalue weighted by Gasteiger charge is 2.19. The summed E-state index contributed by atoms with van der Waals surface area (Å²) in [7, 11) is 0. The first kappa shape index (κ1) is 15.9. The van der Waals surface area contributed by atoms with E-state index >= 15 is 0 Å². The number of nitrogens with one attached hydrogen (secondary N) is 1. The van der Waals surface area contributed by atoms with Crippen molar-refractivity contribution >= 4 is 29.4 Å². The number of carboxylic acid groups (broad SMARTS) is 1. The molecular formula is C16H14ClNO4. The Morgan fingerprint density at radius 1 is 1.18 bits per heavy atom. The molecule has 2 aromatic carbocycles. The minimum absolute atomic E-state index is 0.0345. The fourth-order valence-electron chi connectivity index (χ4n) is 1.94. The van der Waals surface area contributed by atoms with E-state index in [9.17, 15) is 14.7 Å². The van der Waals surface area contributed by atoms with Crippen LogP contribution in [0.4, 0.5) is 10.5 Å². The number of amides is 1. The van der Waals surface area contributed by atoms with Crippen LogP contribution >= 0.6 is 11.6 Å². The van der Waals surface area contributed by atoms with Crippen LogP contribution in [0.3, 0.4) is 0 Å². The van der Waals surface area contributed by atoms with Crippen LogP contribution in [-0.2, 0) is 11.3 Å². The van der Waals surface area contributed by atoms with Crippen molar-refractivity contribution in [1.82, 2.24) is 0 Å². The lowest BCUT2D eigenvalue weighted by Gasteiger charge is -2.13. The number of hydrogen-bond donors (Lipinski definition) is 2. The van der Waals surface area contributed by atoms with Crippen molar-refractivity contribution < 1.29 is 19.4 Å². The molecule has 0 radical (unpaired) electrons. The highest BCUT2D eigenvalue weighted by atomic mass is 35.5. The number of carbonyl (C=O) groups is 2. The second-order valence-electron chi connectivity index (χ2n) is 4.61. The van der Waals surface area contributed by atoms with E-state index in [0.717, 1.165) is 5.56 Å². The second kappa shape index (κ2) is 6.95. The predicted molar refractivity (Wildman–Crippen MR) is 83.4 cm³/mol. The quantitative estimate of drug-likeness (QED) is 0.889. The zero-order chi connectivity index (χ0) is 16.1. The summed E-state index contributed by atoms with van der Waals surface area (Å²) in [5.41, 5.74) is 1.30. The van der Waals surface area contributed by atoms with Gasteiger partial charge in [0.25, 0.3) is 0 Å². The lowest BCUT2D eigenvalue weighted by molar-refractivity contribution is 0.0697. The fraction of sp³-hybridized carbons (Fsp3) is 0.125. The third-order valence-electron chi connectivity index (χ3n) is 3.02. The first-order valence-corrected chi connectivity index (χ1v) is 6.87. The molecule has 0 spiro atoms. The highest BCUT2D eigenvalue weighted by molar-refractivity contribution is 6.34. The molecule has 0 aliphatic rings. The van der Waals surface area contributed by atoms with Gasteiger partial charge in [0.15, 0.2) is 0 Å². The molecule has 0 saturated heterocycles. The summed E-state index contributed by atoms with van der Waals surface area (Å²) in [6.07, 6.45) is -0.765. The van der Waals surface area contributed by atoms with Gasteiger partial charge in [0, 0.05) is 0 Å². The lowest BCUT2D eigenvalue weighted by atomic mass is 10.1. The van der Waals surface area contributed by atoms with Crippen LogP contribution in [0.25, 0.3) is 0 Å². The second-order valence-corrected chi connectivity index (χ2v) is 5.01. The Morgan fingerprint density at radius 3 is 2.50 bits per heavy atom. The van der Waals surface area contributed by atoms with Gasteiger partial charge in [-0.05, 0) is 24.1 Å². The third kappa shape index (κ3) is 3.77. The molecule has 0 aromatic heterocycles. The van der Waals surface area contributed by atoms with Crippen molar-refractivity contribution in [1.29, 1.82) is 0 Å². The first-order chi connectivity index (χ1) is 10.5. The number of anilines is 1. The van der Waals surface area contributed by atoms with E-state index in [1.54, 1.807) is 13.0 Å². The molecule has 2 N–H and O–H groups in total. The van der Waals surface area contributed by atoms with Crippen LogP contribution in [0.1, 0.15) is 21.5 Å². The zero-order valence-corrected chi connectivity index (χ0v) is 12.6.